The van der Waals surface area contributed by atoms with Gasteiger partial charge in [0.2, 0.25) is 5.91 Å². The molecule has 1 fully saturated rings. The second kappa shape index (κ2) is 6.74. The molecule has 1 aliphatic heterocycles. The molecule has 0 aliphatic carbocycles. The maximum atomic E-state index is 12.7. The number of aromatic nitrogens is 1. The number of hydrogen-bond donors (Lipinski definition) is 1. The Kier molecular flexibility index (Phi) is 4.71. The number of amides is 2. The summed E-state index contributed by atoms with van der Waals surface area (Å²) in [6.45, 7) is 4.49. The summed E-state index contributed by atoms with van der Waals surface area (Å²) in [4.78, 5) is 31.4. The summed E-state index contributed by atoms with van der Waals surface area (Å²) in [5.74, 6) is 0.165. The largest absolute Gasteiger partial charge is 0.351 e. The first-order valence-corrected chi connectivity index (χ1v) is 8.73. The quantitative estimate of drug-likeness (QED) is 0.874. The number of rotatable bonds is 2. The van der Waals surface area contributed by atoms with E-state index in [1.54, 1.807) is 0 Å². The van der Waals surface area contributed by atoms with Crippen LogP contribution < -0.4 is 0 Å². The highest BCUT2D eigenvalue weighted by Gasteiger charge is 2.23. The summed E-state index contributed by atoms with van der Waals surface area (Å²) in [6, 6.07) is 7.79. The van der Waals surface area contributed by atoms with Gasteiger partial charge in [-0.25, -0.2) is 0 Å². The molecule has 2 aromatic rings. The molecular formula is C17H20BrN3O2. The Morgan fingerprint density at radius 3 is 2.65 bits per heavy atom. The number of carbonyl (C=O) groups is 2. The van der Waals surface area contributed by atoms with Crippen LogP contribution in [0, 0.1) is 0 Å². The normalized spacial score (nSPS) is 15.7. The Hall–Kier alpha value is -1.82. The lowest BCUT2D eigenvalue weighted by molar-refractivity contribution is -0.130. The molecule has 2 amide bonds. The first-order chi connectivity index (χ1) is 11.1. The smallest absolute Gasteiger partial charge is 0.270 e. The number of benzene rings is 1. The predicted molar refractivity (Wildman–Crippen MR) is 93.4 cm³/mol. The van der Waals surface area contributed by atoms with E-state index < -0.39 is 0 Å². The van der Waals surface area contributed by atoms with Crippen LogP contribution in [0.5, 0.6) is 0 Å². The van der Waals surface area contributed by atoms with E-state index >= 15 is 0 Å². The van der Waals surface area contributed by atoms with Crippen molar-refractivity contribution in [1.29, 1.82) is 0 Å². The Morgan fingerprint density at radius 2 is 1.87 bits per heavy atom. The van der Waals surface area contributed by atoms with Gasteiger partial charge in [0.25, 0.3) is 5.91 Å². The van der Waals surface area contributed by atoms with Crippen LogP contribution in [0.1, 0.15) is 30.3 Å². The number of nitrogens with one attached hydrogen (secondary N) is 1. The van der Waals surface area contributed by atoms with Crippen molar-refractivity contribution in [3.05, 3.63) is 34.4 Å². The second-order valence-electron chi connectivity index (χ2n) is 5.79. The van der Waals surface area contributed by atoms with Gasteiger partial charge in [-0.3, -0.25) is 9.59 Å². The van der Waals surface area contributed by atoms with Gasteiger partial charge in [0.15, 0.2) is 0 Å². The standard InChI is InChI=1S/C17H20BrN3O2/c1-2-16(22)20-6-3-7-21(9-8-20)17(23)15-11-12-10-13(18)4-5-14(12)19-15/h4-5,10-11,19H,2-3,6-9H2,1H3. The number of hydrogen-bond acceptors (Lipinski definition) is 2. The minimum absolute atomic E-state index is 0.00289. The maximum Gasteiger partial charge on any atom is 0.270 e. The van der Waals surface area contributed by atoms with Gasteiger partial charge in [0.05, 0.1) is 0 Å². The summed E-state index contributed by atoms with van der Waals surface area (Å²) in [6.07, 6.45) is 1.34. The van der Waals surface area contributed by atoms with Crippen LogP contribution in [0.3, 0.4) is 0 Å². The van der Waals surface area contributed by atoms with Crippen molar-refractivity contribution in [2.45, 2.75) is 19.8 Å². The predicted octanol–water partition coefficient (Wildman–Crippen LogP) is 3.01. The van der Waals surface area contributed by atoms with Gasteiger partial charge in [-0.05, 0) is 30.7 Å². The van der Waals surface area contributed by atoms with E-state index in [0.29, 0.717) is 31.7 Å². The van der Waals surface area contributed by atoms with Gasteiger partial charge in [-0.15, -0.1) is 0 Å². The van der Waals surface area contributed by atoms with Gasteiger partial charge in [-0.2, -0.15) is 0 Å². The molecule has 0 atom stereocenters. The first-order valence-electron chi connectivity index (χ1n) is 7.94. The molecule has 1 aromatic carbocycles. The fraction of sp³-hybridized carbons (Fsp3) is 0.412. The van der Waals surface area contributed by atoms with E-state index in [1.807, 2.05) is 41.0 Å². The third kappa shape index (κ3) is 3.42. The fourth-order valence-electron chi connectivity index (χ4n) is 2.98. The lowest BCUT2D eigenvalue weighted by atomic mass is 10.2. The Labute approximate surface area is 143 Å². The maximum absolute atomic E-state index is 12.7. The van der Waals surface area contributed by atoms with Gasteiger partial charge >= 0.3 is 0 Å². The van der Waals surface area contributed by atoms with E-state index in [4.69, 9.17) is 0 Å². The molecule has 6 heteroatoms. The van der Waals surface area contributed by atoms with Crippen LogP contribution in [0.15, 0.2) is 28.7 Å². The van der Waals surface area contributed by atoms with Crippen molar-refractivity contribution < 1.29 is 9.59 Å². The number of fused-ring (bicyclic) bond motifs is 1. The van der Waals surface area contributed by atoms with Crippen LogP contribution in [0.4, 0.5) is 0 Å². The number of carbonyl (C=O) groups excluding carboxylic acids is 2. The van der Waals surface area contributed by atoms with Gasteiger partial charge in [0.1, 0.15) is 5.69 Å². The molecule has 0 radical (unpaired) electrons. The number of aromatic amines is 1. The molecule has 0 bridgehead atoms. The fourth-order valence-corrected chi connectivity index (χ4v) is 3.36. The van der Waals surface area contributed by atoms with Crippen LogP contribution in [0.2, 0.25) is 0 Å². The van der Waals surface area contributed by atoms with Crippen LogP contribution in [0.25, 0.3) is 10.9 Å². The van der Waals surface area contributed by atoms with Gasteiger partial charge in [-0.1, -0.05) is 22.9 Å². The van der Waals surface area contributed by atoms with E-state index in [1.165, 1.54) is 0 Å². The van der Waals surface area contributed by atoms with Crippen molar-refractivity contribution in [2.75, 3.05) is 26.2 Å². The monoisotopic (exact) mass is 377 g/mol. The minimum Gasteiger partial charge on any atom is -0.351 e. The molecule has 0 spiro atoms. The zero-order valence-electron chi connectivity index (χ0n) is 13.1. The number of halogens is 1. The zero-order chi connectivity index (χ0) is 16.4. The van der Waals surface area contributed by atoms with E-state index in [-0.39, 0.29) is 11.8 Å². The lowest BCUT2D eigenvalue weighted by Gasteiger charge is -2.21. The third-order valence-corrected chi connectivity index (χ3v) is 4.74. The van der Waals surface area contributed by atoms with E-state index in [2.05, 4.69) is 20.9 Å². The first kappa shape index (κ1) is 16.1. The van der Waals surface area contributed by atoms with Crippen molar-refractivity contribution in [3.8, 4) is 0 Å². The molecule has 0 saturated carbocycles. The Balaban J connectivity index is 1.75. The molecular weight excluding hydrogens is 358 g/mol. The summed E-state index contributed by atoms with van der Waals surface area (Å²) in [5.41, 5.74) is 1.56. The second-order valence-corrected chi connectivity index (χ2v) is 6.71. The van der Waals surface area contributed by atoms with Crippen molar-refractivity contribution in [3.63, 3.8) is 0 Å². The molecule has 1 N–H and O–H groups in total. The molecule has 0 unspecified atom stereocenters. The van der Waals surface area contributed by atoms with Gasteiger partial charge < -0.3 is 14.8 Å². The van der Waals surface area contributed by atoms with Crippen LogP contribution in [-0.2, 0) is 4.79 Å². The van der Waals surface area contributed by atoms with Crippen molar-refractivity contribution in [2.24, 2.45) is 0 Å². The highest BCUT2D eigenvalue weighted by atomic mass is 79.9. The molecule has 2 heterocycles. The number of nitrogens with zero attached hydrogens (tertiary/aromatic N) is 2. The molecule has 1 aromatic heterocycles. The highest BCUT2D eigenvalue weighted by Crippen LogP contribution is 2.21. The average molecular weight is 378 g/mol. The molecule has 122 valence electrons. The molecule has 23 heavy (non-hydrogen) atoms. The summed E-state index contributed by atoms with van der Waals surface area (Å²) < 4.78 is 0.992. The minimum atomic E-state index is 0.00289. The SMILES string of the molecule is CCC(=O)N1CCCN(C(=O)c2cc3cc(Br)ccc3[nH]2)CC1. The summed E-state index contributed by atoms with van der Waals surface area (Å²) >= 11 is 3.45. The Bertz CT molecular complexity index is 741. The molecule has 1 saturated heterocycles. The van der Waals surface area contributed by atoms with Gasteiger partial charge in [0, 0.05) is 48.0 Å². The molecule has 3 rings (SSSR count). The van der Waals surface area contributed by atoms with E-state index in [9.17, 15) is 9.59 Å². The van der Waals surface area contributed by atoms with Crippen LogP contribution >= 0.6 is 15.9 Å². The molecule has 5 nitrogen and oxygen atoms in total. The summed E-state index contributed by atoms with van der Waals surface area (Å²) in [7, 11) is 0. The molecule has 1 aliphatic rings. The Morgan fingerprint density at radius 1 is 1.13 bits per heavy atom. The van der Waals surface area contributed by atoms with Crippen molar-refractivity contribution >= 4 is 38.6 Å². The number of H-pyrrole nitrogens is 1. The van der Waals surface area contributed by atoms with Crippen molar-refractivity contribution in [1.82, 2.24) is 14.8 Å². The topological polar surface area (TPSA) is 56.4 Å². The highest BCUT2D eigenvalue weighted by molar-refractivity contribution is 9.10. The lowest BCUT2D eigenvalue weighted by Crippen LogP contribution is -2.37. The summed E-state index contributed by atoms with van der Waals surface area (Å²) in [5, 5.41) is 1.01. The van der Waals surface area contributed by atoms with E-state index in [0.717, 1.165) is 28.3 Å². The average Bonchev–Trinajstić information content (AvgIpc) is 2.81. The third-order valence-electron chi connectivity index (χ3n) is 4.25. The zero-order valence-corrected chi connectivity index (χ0v) is 14.7. The van der Waals surface area contributed by atoms with Crippen LogP contribution in [-0.4, -0.2) is 52.8 Å².